The lowest BCUT2D eigenvalue weighted by molar-refractivity contribution is 0.357. The van der Waals surface area contributed by atoms with E-state index in [0.29, 0.717) is 12.6 Å². The highest BCUT2D eigenvalue weighted by Crippen LogP contribution is 2.20. The first kappa shape index (κ1) is 13.8. The Labute approximate surface area is 118 Å². The molecule has 100 valence electrons. The molecular formula is C16H19NOS. The van der Waals surface area contributed by atoms with Gasteiger partial charge in [0.1, 0.15) is 12.4 Å². The Morgan fingerprint density at radius 2 is 2.21 bits per heavy atom. The molecule has 0 bridgehead atoms. The van der Waals surface area contributed by atoms with Gasteiger partial charge in [-0.3, -0.25) is 0 Å². The average molecular weight is 273 g/mol. The number of nitrogens with one attached hydrogen (secondary N) is 1. The molecule has 0 spiro atoms. The lowest BCUT2D eigenvalue weighted by Gasteiger charge is -2.15. The minimum absolute atomic E-state index is 0.346. The number of hydrogen-bond acceptors (Lipinski definition) is 3. The summed E-state index contributed by atoms with van der Waals surface area (Å²) in [5.74, 6) is 0.924. The van der Waals surface area contributed by atoms with Gasteiger partial charge in [-0.2, -0.15) is 11.3 Å². The average Bonchev–Trinajstić information content (AvgIpc) is 2.97. The quantitative estimate of drug-likeness (QED) is 0.765. The fourth-order valence-corrected chi connectivity index (χ4v) is 2.60. The standard InChI is InChI=1S/C16H19NOS/c1-3-9-18-16-7-5-4-6-14(16)11-17-13(2)15-8-10-19-12-15/h3-8,10,12-13,17H,1,9,11H2,2H3. The molecule has 0 amide bonds. The van der Waals surface area contributed by atoms with Crippen LogP contribution in [0.1, 0.15) is 24.1 Å². The molecule has 1 N–H and O–H groups in total. The molecule has 0 aliphatic rings. The van der Waals surface area contributed by atoms with E-state index in [1.54, 1.807) is 17.4 Å². The van der Waals surface area contributed by atoms with E-state index in [9.17, 15) is 0 Å². The largest absolute Gasteiger partial charge is 0.489 e. The van der Waals surface area contributed by atoms with Crippen LogP contribution in [0.5, 0.6) is 5.75 Å². The second-order valence-electron chi connectivity index (χ2n) is 4.37. The number of rotatable bonds is 7. The first-order valence-corrected chi connectivity index (χ1v) is 7.32. The van der Waals surface area contributed by atoms with Gasteiger partial charge in [0.25, 0.3) is 0 Å². The monoisotopic (exact) mass is 273 g/mol. The molecule has 19 heavy (non-hydrogen) atoms. The zero-order valence-electron chi connectivity index (χ0n) is 11.1. The van der Waals surface area contributed by atoms with E-state index in [4.69, 9.17) is 4.74 Å². The fourth-order valence-electron chi connectivity index (χ4n) is 1.84. The van der Waals surface area contributed by atoms with Gasteiger partial charge in [0.05, 0.1) is 0 Å². The zero-order chi connectivity index (χ0) is 13.5. The number of para-hydroxylation sites is 1. The van der Waals surface area contributed by atoms with Gasteiger partial charge in [0, 0.05) is 18.2 Å². The summed E-state index contributed by atoms with van der Waals surface area (Å²) in [6.45, 7) is 7.18. The number of benzene rings is 1. The Balaban J connectivity index is 1.97. The molecule has 1 aromatic heterocycles. The Bertz CT molecular complexity index is 507. The van der Waals surface area contributed by atoms with Gasteiger partial charge in [-0.1, -0.05) is 30.9 Å². The van der Waals surface area contributed by atoms with E-state index in [1.807, 2.05) is 18.2 Å². The molecule has 3 heteroatoms. The van der Waals surface area contributed by atoms with Crippen LogP contribution in [0, 0.1) is 0 Å². The first-order valence-electron chi connectivity index (χ1n) is 6.38. The van der Waals surface area contributed by atoms with Crippen LogP contribution in [0.25, 0.3) is 0 Å². The van der Waals surface area contributed by atoms with Gasteiger partial charge in [-0.05, 0) is 35.4 Å². The molecule has 0 fully saturated rings. The van der Waals surface area contributed by atoms with Crippen LogP contribution in [-0.4, -0.2) is 6.61 Å². The summed E-state index contributed by atoms with van der Waals surface area (Å²) in [4.78, 5) is 0. The zero-order valence-corrected chi connectivity index (χ0v) is 12.0. The highest BCUT2D eigenvalue weighted by atomic mass is 32.1. The second-order valence-corrected chi connectivity index (χ2v) is 5.15. The number of thiophene rings is 1. The minimum Gasteiger partial charge on any atom is -0.489 e. The lowest BCUT2D eigenvalue weighted by Crippen LogP contribution is -2.18. The van der Waals surface area contributed by atoms with Gasteiger partial charge >= 0.3 is 0 Å². The molecule has 0 aliphatic carbocycles. The van der Waals surface area contributed by atoms with Crippen molar-refractivity contribution in [2.75, 3.05) is 6.61 Å². The SMILES string of the molecule is C=CCOc1ccccc1CNC(C)c1ccsc1. The van der Waals surface area contributed by atoms with Crippen molar-refractivity contribution < 1.29 is 4.74 Å². The Morgan fingerprint density at radius 3 is 2.95 bits per heavy atom. The fraction of sp³-hybridized carbons (Fsp3) is 0.250. The summed E-state index contributed by atoms with van der Waals surface area (Å²) in [5, 5.41) is 7.80. The van der Waals surface area contributed by atoms with Crippen molar-refractivity contribution in [2.24, 2.45) is 0 Å². The molecule has 2 aromatic rings. The normalized spacial score (nSPS) is 12.1. The Kier molecular flexibility index (Phi) is 5.19. The summed E-state index contributed by atoms with van der Waals surface area (Å²) in [6.07, 6.45) is 1.76. The van der Waals surface area contributed by atoms with E-state index in [0.717, 1.165) is 12.3 Å². The molecule has 1 heterocycles. The molecule has 0 saturated heterocycles. The van der Waals surface area contributed by atoms with Crippen LogP contribution in [0.4, 0.5) is 0 Å². The maximum atomic E-state index is 5.65. The topological polar surface area (TPSA) is 21.3 Å². The summed E-state index contributed by atoms with van der Waals surface area (Å²) in [6, 6.07) is 10.6. The summed E-state index contributed by atoms with van der Waals surface area (Å²) in [5.41, 5.74) is 2.50. The van der Waals surface area contributed by atoms with Gasteiger partial charge in [-0.15, -0.1) is 0 Å². The van der Waals surface area contributed by atoms with Crippen LogP contribution >= 0.6 is 11.3 Å². The van der Waals surface area contributed by atoms with Crippen LogP contribution in [-0.2, 0) is 6.54 Å². The molecular weight excluding hydrogens is 254 g/mol. The van der Waals surface area contributed by atoms with Crippen LogP contribution in [0.3, 0.4) is 0 Å². The van der Waals surface area contributed by atoms with E-state index >= 15 is 0 Å². The van der Waals surface area contributed by atoms with Gasteiger partial charge in [0.2, 0.25) is 0 Å². The molecule has 2 rings (SSSR count). The molecule has 0 radical (unpaired) electrons. The Hall–Kier alpha value is -1.58. The molecule has 0 aliphatic heterocycles. The van der Waals surface area contributed by atoms with Crippen LogP contribution < -0.4 is 10.1 Å². The lowest BCUT2D eigenvalue weighted by atomic mass is 10.1. The summed E-state index contributed by atoms with van der Waals surface area (Å²) < 4.78 is 5.65. The van der Waals surface area contributed by atoms with E-state index in [2.05, 4.69) is 41.7 Å². The van der Waals surface area contributed by atoms with E-state index in [-0.39, 0.29) is 0 Å². The molecule has 1 aromatic carbocycles. The van der Waals surface area contributed by atoms with Crippen LogP contribution in [0.15, 0.2) is 53.7 Å². The third kappa shape index (κ3) is 3.94. The van der Waals surface area contributed by atoms with E-state index in [1.165, 1.54) is 11.1 Å². The number of ether oxygens (including phenoxy) is 1. The molecule has 0 saturated carbocycles. The maximum absolute atomic E-state index is 5.65. The van der Waals surface area contributed by atoms with Crippen molar-refractivity contribution in [3.63, 3.8) is 0 Å². The van der Waals surface area contributed by atoms with E-state index < -0.39 is 0 Å². The number of hydrogen-bond donors (Lipinski definition) is 1. The molecule has 1 unspecified atom stereocenters. The smallest absolute Gasteiger partial charge is 0.124 e. The van der Waals surface area contributed by atoms with Gasteiger partial charge in [-0.25, -0.2) is 0 Å². The molecule has 1 atom stereocenters. The minimum atomic E-state index is 0.346. The van der Waals surface area contributed by atoms with Crippen molar-refractivity contribution >= 4 is 11.3 Å². The highest BCUT2D eigenvalue weighted by Gasteiger charge is 2.07. The van der Waals surface area contributed by atoms with Gasteiger partial charge < -0.3 is 10.1 Å². The summed E-state index contributed by atoms with van der Waals surface area (Å²) in [7, 11) is 0. The third-order valence-corrected chi connectivity index (χ3v) is 3.67. The van der Waals surface area contributed by atoms with Crippen LogP contribution in [0.2, 0.25) is 0 Å². The maximum Gasteiger partial charge on any atom is 0.124 e. The predicted molar refractivity (Wildman–Crippen MR) is 81.7 cm³/mol. The third-order valence-electron chi connectivity index (χ3n) is 2.97. The van der Waals surface area contributed by atoms with Gasteiger partial charge in [0.15, 0.2) is 0 Å². The predicted octanol–water partition coefficient (Wildman–Crippen LogP) is 4.16. The van der Waals surface area contributed by atoms with Crippen molar-refractivity contribution in [1.29, 1.82) is 0 Å². The summed E-state index contributed by atoms with van der Waals surface area (Å²) >= 11 is 1.73. The van der Waals surface area contributed by atoms with Crippen molar-refractivity contribution in [3.05, 3.63) is 64.9 Å². The first-order chi connectivity index (χ1) is 9.31. The van der Waals surface area contributed by atoms with Crippen molar-refractivity contribution in [2.45, 2.75) is 19.5 Å². The van der Waals surface area contributed by atoms with Crippen molar-refractivity contribution in [1.82, 2.24) is 5.32 Å². The highest BCUT2D eigenvalue weighted by molar-refractivity contribution is 7.07. The second kappa shape index (κ2) is 7.12. The Morgan fingerprint density at radius 1 is 1.37 bits per heavy atom. The van der Waals surface area contributed by atoms with Crippen molar-refractivity contribution in [3.8, 4) is 5.75 Å². The molecule has 2 nitrogen and oxygen atoms in total.